The Morgan fingerprint density at radius 1 is 1.37 bits per heavy atom. The number of ether oxygens (including phenoxy) is 2. The molecule has 0 aliphatic carbocycles. The zero-order valence-corrected chi connectivity index (χ0v) is 11.4. The topological polar surface area (TPSA) is 55.8 Å². The lowest BCUT2D eigenvalue weighted by Crippen LogP contribution is -1.99. The average molecular weight is 264 g/mol. The number of aliphatic carboxylic acids is 1. The Kier molecular flexibility index (Phi) is 6.50. The molecule has 4 nitrogen and oxygen atoms in total. The average Bonchev–Trinajstić information content (AvgIpc) is 2.41. The summed E-state index contributed by atoms with van der Waals surface area (Å²) in [4.78, 5) is 10.6. The number of hydrogen-bond acceptors (Lipinski definition) is 3. The zero-order chi connectivity index (χ0) is 14.1. The van der Waals surface area contributed by atoms with E-state index < -0.39 is 5.97 Å². The summed E-state index contributed by atoms with van der Waals surface area (Å²) in [6, 6.07) is 5.33. The minimum atomic E-state index is -0.979. The van der Waals surface area contributed by atoms with Crippen molar-refractivity contribution in [3.05, 3.63) is 29.8 Å². The minimum absolute atomic E-state index is 0.620. The normalized spacial score (nSPS) is 10.6. The highest BCUT2D eigenvalue weighted by atomic mass is 16.5. The van der Waals surface area contributed by atoms with Crippen molar-refractivity contribution in [2.75, 3.05) is 13.7 Å². The molecule has 0 aromatic heterocycles. The zero-order valence-electron chi connectivity index (χ0n) is 11.4. The Balaban J connectivity index is 2.80. The van der Waals surface area contributed by atoms with Gasteiger partial charge in [0, 0.05) is 17.7 Å². The molecule has 0 aliphatic rings. The largest absolute Gasteiger partial charge is 0.497 e. The Labute approximate surface area is 113 Å². The molecule has 4 heteroatoms. The second kappa shape index (κ2) is 8.19. The van der Waals surface area contributed by atoms with E-state index in [9.17, 15) is 4.79 Å². The van der Waals surface area contributed by atoms with Gasteiger partial charge in [-0.2, -0.15) is 0 Å². The first-order valence-electron chi connectivity index (χ1n) is 6.39. The van der Waals surface area contributed by atoms with Crippen LogP contribution in [0.25, 0.3) is 6.08 Å². The van der Waals surface area contributed by atoms with Crippen molar-refractivity contribution in [3.63, 3.8) is 0 Å². The molecular weight excluding hydrogens is 244 g/mol. The lowest BCUT2D eigenvalue weighted by Gasteiger charge is -2.10. The van der Waals surface area contributed by atoms with Crippen LogP contribution in [0.2, 0.25) is 0 Å². The molecule has 1 aromatic carbocycles. The SMILES string of the molecule is CCCCCOc1cc(OC)ccc1/C=C/C(=O)O. The molecule has 0 spiro atoms. The fourth-order valence-electron chi connectivity index (χ4n) is 1.60. The van der Waals surface area contributed by atoms with Gasteiger partial charge >= 0.3 is 5.97 Å². The van der Waals surface area contributed by atoms with Gasteiger partial charge in [-0.3, -0.25) is 0 Å². The van der Waals surface area contributed by atoms with Gasteiger partial charge in [0.05, 0.1) is 13.7 Å². The first-order valence-corrected chi connectivity index (χ1v) is 6.39. The highest BCUT2D eigenvalue weighted by molar-refractivity contribution is 5.86. The Morgan fingerprint density at radius 3 is 2.79 bits per heavy atom. The van der Waals surface area contributed by atoms with Crippen molar-refractivity contribution in [3.8, 4) is 11.5 Å². The lowest BCUT2D eigenvalue weighted by molar-refractivity contribution is -0.131. The molecule has 0 fully saturated rings. The third-order valence-electron chi connectivity index (χ3n) is 2.63. The van der Waals surface area contributed by atoms with Gasteiger partial charge in [0.25, 0.3) is 0 Å². The van der Waals surface area contributed by atoms with Gasteiger partial charge in [-0.25, -0.2) is 4.79 Å². The molecule has 0 heterocycles. The van der Waals surface area contributed by atoms with Gasteiger partial charge < -0.3 is 14.6 Å². The van der Waals surface area contributed by atoms with Crippen LogP contribution in [0.1, 0.15) is 31.7 Å². The van der Waals surface area contributed by atoms with Crippen molar-refractivity contribution < 1.29 is 19.4 Å². The summed E-state index contributed by atoms with van der Waals surface area (Å²) >= 11 is 0. The van der Waals surface area contributed by atoms with Crippen LogP contribution in [0.15, 0.2) is 24.3 Å². The van der Waals surface area contributed by atoms with Crippen LogP contribution in [0.5, 0.6) is 11.5 Å². The molecule has 1 N–H and O–H groups in total. The molecule has 19 heavy (non-hydrogen) atoms. The smallest absolute Gasteiger partial charge is 0.328 e. The maximum Gasteiger partial charge on any atom is 0.328 e. The van der Waals surface area contributed by atoms with Crippen LogP contribution in [0.4, 0.5) is 0 Å². The molecule has 104 valence electrons. The van der Waals surface area contributed by atoms with Gasteiger partial charge in [-0.1, -0.05) is 19.8 Å². The third kappa shape index (κ3) is 5.46. The van der Waals surface area contributed by atoms with E-state index >= 15 is 0 Å². The predicted octanol–water partition coefficient (Wildman–Crippen LogP) is 3.36. The maximum atomic E-state index is 10.6. The fourth-order valence-corrected chi connectivity index (χ4v) is 1.60. The molecule has 0 radical (unpaired) electrons. The van der Waals surface area contributed by atoms with E-state index in [2.05, 4.69) is 6.92 Å². The van der Waals surface area contributed by atoms with Crippen molar-refractivity contribution in [2.45, 2.75) is 26.2 Å². The van der Waals surface area contributed by atoms with Crippen LogP contribution >= 0.6 is 0 Å². The van der Waals surface area contributed by atoms with E-state index in [1.54, 1.807) is 25.3 Å². The van der Waals surface area contributed by atoms with Crippen LogP contribution in [0.3, 0.4) is 0 Å². The third-order valence-corrected chi connectivity index (χ3v) is 2.63. The van der Waals surface area contributed by atoms with Crippen LogP contribution < -0.4 is 9.47 Å². The quantitative estimate of drug-likeness (QED) is 0.578. The number of hydrogen-bond donors (Lipinski definition) is 1. The molecule has 0 unspecified atom stereocenters. The van der Waals surface area contributed by atoms with Gasteiger partial charge in [0.1, 0.15) is 11.5 Å². The number of carboxylic acid groups (broad SMARTS) is 1. The summed E-state index contributed by atoms with van der Waals surface area (Å²) in [5.41, 5.74) is 0.736. The summed E-state index contributed by atoms with van der Waals surface area (Å²) in [6.45, 7) is 2.75. The van der Waals surface area contributed by atoms with Crippen LogP contribution in [0, 0.1) is 0 Å². The maximum absolute atomic E-state index is 10.6. The molecule has 0 bridgehead atoms. The van der Waals surface area contributed by atoms with Crippen molar-refractivity contribution in [1.82, 2.24) is 0 Å². The monoisotopic (exact) mass is 264 g/mol. The number of carboxylic acids is 1. The van der Waals surface area contributed by atoms with Gasteiger partial charge in [0.15, 0.2) is 0 Å². The Morgan fingerprint density at radius 2 is 2.16 bits per heavy atom. The van der Waals surface area contributed by atoms with E-state index in [1.807, 2.05) is 0 Å². The summed E-state index contributed by atoms with van der Waals surface area (Å²) in [7, 11) is 1.59. The van der Waals surface area contributed by atoms with E-state index in [-0.39, 0.29) is 0 Å². The summed E-state index contributed by atoms with van der Waals surface area (Å²) in [5, 5.41) is 8.66. The molecular formula is C15H20O4. The second-order valence-electron chi connectivity index (χ2n) is 4.13. The van der Waals surface area contributed by atoms with Crippen molar-refractivity contribution in [2.24, 2.45) is 0 Å². The molecule has 0 atom stereocenters. The van der Waals surface area contributed by atoms with E-state index in [1.165, 1.54) is 6.08 Å². The second-order valence-corrected chi connectivity index (χ2v) is 4.13. The van der Waals surface area contributed by atoms with Crippen molar-refractivity contribution >= 4 is 12.0 Å². The summed E-state index contributed by atoms with van der Waals surface area (Å²) < 4.78 is 10.8. The first kappa shape index (κ1) is 15.1. The Bertz CT molecular complexity index is 438. The van der Waals surface area contributed by atoms with Gasteiger partial charge in [-0.15, -0.1) is 0 Å². The van der Waals surface area contributed by atoms with E-state index in [0.717, 1.165) is 30.9 Å². The number of unbranched alkanes of at least 4 members (excludes halogenated alkanes) is 2. The molecule has 0 saturated carbocycles. The lowest BCUT2D eigenvalue weighted by atomic mass is 10.1. The molecule has 0 amide bonds. The standard InChI is InChI=1S/C15H20O4/c1-3-4-5-10-19-14-11-13(18-2)8-6-12(14)7-9-15(16)17/h6-9,11H,3-5,10H2,1-2H3,(H,16,17)/b9-7+. The van der Waals surface area contributed by atoms with Gasteiger partial charge in [0.2, 0.25) is 0 Å². The van der Waals surface area contributed by atoms with Crippen LogP contribution in [-0.2, 0) is 4.79 Å². The van der Waals surface area contributed by atoms with E-state index in [0.29, 0.717) is 18.1 Å². The fraction of sp³-hybridized carbons (Fsp3) is 0.400. The highest BCUT2D eigenvalue weighted by Crippen LogP contribution is 2.26. The Hall–Kier alpha value is -1.97. The predicted molar refractivity (Wildman–Crippen MR) is 74.7 cm³/mol. The number of carbonyl (C=O) groups is 1. The molecule has 1 rings (SSSR count). The molecule has 0 aliphatic heterocycles. The van der Waals surface area contributed by atoms with E-state index in [4.69, 9.17) is 14.6 Å². The number of methoxy groups -OCH3 is 1. The molecule has 0 saturated heterocycles. The molecule has 1 aromatic rings. The highest BCUT2D eigenvalue weighted by Gasteiger charge is 2.04. The number of benzene rings is 1. The van der Waals surface area contributed by atoms with Crippen LogP contribution in [-0.4, -0.2) is 24.8 Å². The number of rotatable bonds is 8. The van der Waals surface area contributed by atoms with Crippen molar-refractivity contribution in [1.29, 1.82) is 0 Å². The first-order chi connectivity index (χ1) is 9.17. The van der Waals surface area contributed by atoms with Gasteiger partial charge in [-0.05, 0) is 24.6 Å². The summed E-state index contributed by atoms with van der Waals surface area (Å²) in [5.74, 6) is 0.360. The minimum Gasteiger partial charge on any atom is -0.497 e. The summed E-state index contributed by atoms with van der Waals surface area (Å²) in [6.07, 6.45) is 5.85.